The summed E-state index contributed by atoms with van der Waals surface area (Å²) in [7, 11) is 0. The summed E-state index contributed by atoms with van der Waals surface area (Å²) in [6, 6.07) is 13.4. The largest absolute Gasteiger partial charge is 0.388 e. The number of nitrogens with zero attached hydrogens (tertiary/aromatic N) is 2. The van der Waals surface area contributed by atoms with Crippen LogP contribution in [0.4, 0.5) is 5.69 Å². The maximum Gasteiger partial charge on any atom is 0.277 e. The molecule has 1 aliphatic heterocycles. The standard InChI is InChI=1S/C20H14N2O4/c23-19(12-5-7-15(8-6-12)22(25)26)11-14-10-17-16-4-2-1-3-13(16)9-18(17)20(24)21-14/h1-10,19,23H,11H2. The number of carbonyl (C=O) groups excluding carboxylic acids is 1. The lowest BCUT2D eigenvalue weighted by Crippen LogP contribution is -2.13. The fourth-order valence-electron chi connectivity index (χ4n) is 3.21. The summed E-state index contributed by atoms with van der Waals surface area (Å²) in [5.41, 5.74) is 4.35. The van der Waals surface area contributed by atoms with Gasteiger partial charge in [0.1, 0.15) is 0 Å². The number of aliphatic imine (C=N–C) groups is 1. The Morgan fingerprint density at radius 1 is 1.04 bits per heavy atom. The predicted octanol–water partition coefficient (Wildman–Crippen LogP) is 3.48. The maximum atomic E-state index is 12.3. The zero-order chi connectivity index (χ0) is 18.3. The number of allylic oxidation sites excluding steroid dienone is 1. The van der Waals surface area contributed by atoms with Gasteiger partial charge in [-0.15, -0.1) is 0 Å². The van der Waals surface area contributed by atoms with Gasteiger partial charge in [-0.2, -0.15) is 0 Å². The van der Waals surface area contributed by atoms with Crippen LogP contribution >= 0.6 is 0 Å². The molecule has 0 aromatic heterocycles. The molecule has 1 heterocycles. The van der Waals surface area contributed by atoms with Crippen molar-refractivity contribution in [1.82, 2.24) is 0 Å². The van der Waals surface area contributed by atoms with Crippen molar-refractivity contribution < 1.29 is 14.8 Å². The highest BCUT2D eigenvalue weighted by Gasteiger charge is 2.28. The molecule has 128 valence electrons. The molecule has 0 spiro atoms. The molecule has 0 bridgehead atoms. The molecule has 0 saturated carbocycles. The molecule has 0 radical (unpaired) electrons. The van der Waals surface area contributed by atoms with Crippen LogP contribution < -0.4 is 0 Å². The molecule has 0 saturated heterocycles. The van der Waals surface area contributed by atoms with Crippen molar-refractivity contribution in [2.24, 2.45) is 4.99 Å². The monoisotopic (exact) mass is 346 g/mol. The van der Waals surface area contributed by atoms with E-state index in [4.69, 9.17) is 0 Å². The van der Waals surface area contributed by atoms with Crippen molar-refractivity contribution in [3.8, 4) is 0 Å². The van der Waals surface area contributed by atoms with Gasteiger partial charge in [0.15, 0.2) is 0 Å². The molecule has 26 heavy (non-hydrogen) atoms. The first-order valence-electron chi connectivity index (χ1n) is 8.10. The molecule has 2 aromatic carbocycles. The molecule has 2 aromatic rings. The number of non-ortho nitro benzene ring substituents is 1. The summed E-state index contributed by atoms with van der Waals surface area (Å²) >= 11 is 0. The number of aliphatic hydroxyl groups excluding tert-OH is 1. The normalized spacial score (nSPS) is 16.2. The maximum absolute atomic E-state index is 12.3. The van der Waals surface area contributed by atoms with Crippen molar-refractivity contribution in [3.63, 3.8) is 0 Å². The Bertz CT molecular complexity index is 1020. The molecule has 0 fully saturated rings. The molecule has 6 nitrogen and oxygen atoms in total. The summed E-state index contributed by atoms with van der Waals surface area (Å²) in [4.78, 5) is 26.6. The van der Waals surface area contributed by atoms with Crippen molar-refractivity contribution in [2.75, 3.05) is 0 Å². The Morgan fingerprint density at radius 3 is 2.50 bits per heavy atom. The van der Waals surface area contributed by atoms with Gasteiger partial charge in [-0.1, -0.05) is 24.3 Å². The smallest absolute Gasteiger partial charge is 0.277 e. The number of fused-ring (bicyclic) bond motifs is 3. The summed E-state index contributed by atoms with van der Waals surface area (Å²) < 4.78 is 0. The number of amides is 1. The molecule has 1 aliphatic carbocycles. The molecule has 6 heteroatoms. The lowest BCUT2D eigenvalue weighted by Gasteiger charge is -2.15. The van der Waals surface area contributed by atoms with Gasteiger partial charge < -0.3 is 5.11 Å². The van der Waals surface area contributed by atoms with E-state index in [0.717, 1.165) is 16.7 Å². The van der Waals surface area contributed by atoms with Gasteiger partial charge in [-0.25, -0.2) is 4.99 Å². The lowest BCUT2D eigenvalue weighted by atomic mass is 9.95. The van der Waals surface area contributed by atoms with Crippen LogP contribution in [0.2, 0.25) is 0 Å². The third-order valence-electron chi connectivity index (χ3n) is 4.52. The minimum absolute atomic E-state index is 0.0365. The first-order valence-corrected chi connectivity index (χ1v) is 8.10. The zero-order valence-corrected chi connectivity index (χ0v) is 13.6. The van der Waals surface area contributed by atoms with Crippen molar-refractivity contribution in [3.05, 3.63) is 87.0 Å². The van der Waals surface area contributed by atoms with Crippen LogP contribution in [0.5, 0.6) is 0 Å². The molecule has 1 N–H and O–H groups in total. The number of hydrogen-bond donors (Lipinski definition) is 1. The number of hydrogen-bond acceptors (Lipinski definition) is 4. The second-order valence-corrected chi connectivity index (χ2v) is 6.18. The topological polar surface area (TPSA) is 92.8 Å². The van der Waals surface area contributed by atoms with Crippen molar-refractivity contribution in [1.29, 1.82) is 0 Å². The van der Waals surface area contributed by atoms with E-state index in [2.05, 4.69) is 4.99 Å². The molecule has 2 aliphatic rings. The third-order valence-corrected chi connectivity index (χ3v) is 4.52. The predicted molar refractivity (Wildman–Crippen MR) is 97.5 cm³/mol. The van der Waals surface area contributed by atoms with E-state index in [0.29, 0.717) is 16.8 Å². The van der Waals surface area contributed by atoms with Gasteiger partial charge in [-0.3, -0.25) is 14.9 Å². The van der Waals surface area contributed by atoms with Crippen LogP contribution in [0.3, 0.4) is 0 Å². The van der Waals surface area contributed by atoms with E-state index in [9.17, 15) is 20.0 Å². The van der Waals surface area contributed by atoms with Gasteiger partial charge >= 0.3 is 0 Å². The number of aliphatic hydroxyl groups is 1. The highest BCUT2D eigenvalue weighted by molar-refractivity contribution is 6.27. The second kappa shape index (κ2) is 6.16. The van der Waals surface area contributed by atoms with E-state index in [1.54, 1.807) is 0 Å². The van der Waals surface area contributed by atoms with E-state index < -0.39 is 11.0 Å². The molecule has 1 amide bonds. The number of nitro benzene ring substituents is 1. The Kier molecular flexibility index (Phi) is 3.82. The highest BCUT2D eigenvalue weighted by atomic mass is 16.6. The molecule has 4 rings (SSSR count). The third kappa shape index (κ3) is 2.76. The molecular weight excluding hydrogens is 332 g/mol. The van der Waals surface area contributed by atoms with Gasteiger partial charge in [0.2, 0.25) is 0 Å². The highest BCUT2D eigenvalue weighted by Crippen LogP contribution is 2.38. The van der Waals surface area contributed by atoms with Crippen LogP contribution in [-0.4, -0.2) is 21.6 Å². The van der Waals surface area contributed by atoms with E-state index in [1.807, 2.05) is 36.4 Å². The Morgan fingerprint density at radius 2 is 1.77 bits per heavy atom. The fraction of sp³-hybridized carbons (Fsp3) is 0.100. The van der Waals surface area contributed by atoms with Crippen LogP contribution in [0.15, 0.2) is 65.2 Å². The number of rotatable bonds is 4. The minimum atomic E-state index is -0.901. The summed E-state index contributed by atoms with van der Waals surface area (Å²) in [6.45, 7) is 0. The quantitative estimate of drug-likeness (QED) is 0.677. The summed E-state index contributed by atoms with van der Waals surface area (Å²) in [5.74, 6) is -0.315. The Labute approximate surface area is 149 Å². The molecular formula is C20H14N2O4. The Balaban J connectivity index is 1.58. The van der Waals surface area contributed by atoms with E-state index in [1.165, 1.54) is 24.3 Å². The minimum Gasteiger partial charge on any atom is -0.388 e. The Hall–Kier alpha value is -3.38. The van der Waals surface area contributed by atoms with Crippen LogP contribution in [0, 0.1) is 10.1 Å². The summed E-state index contributed by atoms with van der Waals surface area (Å²) in [5, 5.41) is 21.1. The van der Waals surface area contributed by atoms with Crippen LogP contribution in [-0.2, 0) is 4.79 Å². The number of benzene rings is 2. The van der Waals surface area contributed by atoms with Gasteiger partial charge in [0.05, 0.1) is 16.6 Å². The summed E-state index contributed by atoms with van der Waals surface area (Å²) in [6.07, 6.45) is 2.91. The number of dihydropyridines is 1. The zero-order valence-electron chi connectivity index (χ0n) is 13.6. The van der Waals surface area contributed by atoms with Crippen LogP contribution in [0.1, 0.15) is 29.2 Å². The van der Waals surface area contributed by atoms with Crippen molar-refractivity contribution >= 4 is 29.0 Å². The number of nitro groups is 1. The SMILES string of the molecule is O=C1N=C(CC(O)c2ccc([N+](=O)[O-])cc2)C=C2C1=Cc1ccccc12. The second-order valence-electron chi connectivity index (χ2n) is 6.18. The van der Waals surface area contributed by atoms with E-state index >= 15 is 0 Å². The first-order chi connectivity index (χ1) is 12.5. The van der Waals surface area contributed by atoms with Gasteiger partial charge in [0, 0.05) is 24.3 Å². The number of carbonyl (C=O) groups is 1. The fourth-order valence-corrected chi connectivity index (χ4v) is 3.21. The first kappa shape index (κ1) is 16.1. The average Bonchev–Trinajstić information content (AvgIpc) is 3.01. The van der Waals surface area contributed by atoms with E-state index in [-0.39, 0.29) is 18.0 Å². The molecule has 1 unspecified atom stereocenters. The average molecular weight is 346 g/mol. The van der Waals surface area contributed by atoms with Gasteiger partial charge in [0.25, 0.3) is 11.6 Å². The van der Waals surface area contributed by atoms with Crippen molar-refractivity contribution in [2.45, 2.75) is 12.5 Å². The lowest BCUT2D eigenvalue weighted by molar-refractivity contribution is -0.384. The molecule has 1 atom stereocenters. The van der Waals surface area contributed by atoms with Gasteiger partial charge in [-0.05, 0) is 46.5 Å². The van der Waals surface area contributed by atoms with Crippen LogP contribution in [0.25, 0.3) is 11.6 Å².